The van der Waals surface area contributed by atoms with Crippen molar-refractivity contribution in [3.05, 3.63) is 33.9 Å². The van der Waals surface area contributed by atoms with Crippen LogP contribution in [0.2, 0.25) is 0 Å². The summed E-state index contributed by atoms with van der Waals surface area (Å²) in [5, 5.41) is 19.0. The molecule has 1 aromatic rings. The second-order valence-corrected chi connectivity index (χ2v) is 4.42. The lowest BCUT2D eigenvalue weighted by Gasteiger charge is -2.11. The normalized spacial score (nSPS) is 17.4. The highest BCUT2D eigenvalue weighted by Crippen LogP contribution is 2.22. The van der Waals surface area contributed by atoms with E-state index in [0.29, 0.717) is 12.2 Å². The molecule has 1 fully saturated rings. The summed E-state index contributed by atoms with van der Waals surface area (Å²) >= 11 is 0. The Bertz CT molecular complexity index is 573. The molecule has 0 radical (unpaired) electrons. The first kappa shape index (κ1) is 13.8. The molecule has 0 spiro atoms. The van der Waals surface area contributed by atoms with E-state index < -0.39 is 10.8 Å². The molecule has 0 bridgehead atoms. The van der Waals surface area contributed by atoms with Crippen molar-refractivity contribution in [3.8, 4) is 0 Å². The minimum absolute atomic E-state index is 0.0267. The molecular weight excluding hydrogens is 264 g/mol. The summed E-state index contributed by atoms with van der Waals surface area (Å²) < 4.78 is 0. The summed E-state index contributed by atoms with van der Waals surface area (Å²) in [6, 6.07) is 3.87. The van der Waals surface area contributed by atoms with E-state index in [4.69, 9.17) is 0 Å². The summed E-state index contributed by atoms with van der Waals surface area (Å²) in [4.78, 5) is 33.5. The van der Waals surface area contributed by atoms with E-state index in [9.17, 15) is 19.7 Å². The van der Waals surface area contributed by atoms with Gasteiger partial charge in [0, 0.05) is 31.8 Å². The van der Waals surface area contributed by atoms with Gasteiger partial charge in [-0.1, -0.05) is 0 Å². The maximum atomic E-state index is 12.1. The Hall–Kier alpha value is -2.64. The molecule has 0 aliphatic carbocycles. The maximum Gasteiger partial charge on any atom is 0.282 e. The van der Waals surface area contributed by atoms with E-state index in [1.54, 1.807) is 7.05 Å². The Morgan fingerprint density at radius 3 is 2.80 bits per heavy atom. The monoisotopic (exact) mass is 278 g/mol. The zero-order chi connectivity index (χ0) is 14.7. The highest BCUT2D eigenvalue weighted by Gasteiger charge is 2.26. The van der Waals surface area contributed by atoms with Crippen LogP contribution in [0.4, 0.5) is 11.4 Å². The third-order valence-electron chi connectivity index (χ3n) is 3.04. The molecule has 1 heterocycles. The van der Waals surface area contributed by atoms with E-state index in [1.807, 2.05) is 0 Å². The molecule has 0 aromatic heterocycles. The fraction of sp³-hybridized carbons (Fsp3) is 0.333. The number of nitro benzene ring substituents is 1. The van der Waals surface area contributed by atoms with E-state index in [2.05, 4.69) is 16.0 Å². The number of nitrogens with one attached hydrogen (secondary N) is 3. The van der Waals surface area contributed by atoms with Crippen molar-refractivity contribution in [2.75, 3.05) is 18.9 Å². The van der Waals surface area contributed by atoms with Gasteiger partial charge in [-0.25, -0.2) is 0 Å². The Labute approximate surface area is 114 Å². The zero-order valence-corrected chi connectivity index (χ0v) is 10.8. The van der Waals surface area contributed by atoms with Gasteiger partial charge < -0.3 is 16.0 Å². The van der Waals surface area contributed by atoms with Crippen molar-refractivity contribution >= 4 is 23.2 Å². The van der Waals surface area contributed by atoms with Crippen LogP contribution in [0.3, 0.4) is 0 Å². The molecule has 2 rings (SSSR count). The standard InChI is InChI=1S/C12H14N4O4/c1-13-7-2-3-10(16(19)20)9(4-7)12(18)15-8-5-11(17)14-6-8/h2-4,8,13H,5-6H2,1H3,(H,14,17)(H,15,18). The van der Waals surface area contributed by atoms with Gasteiger partial charge in [0.2, 0.25) is 5.91 Å². The molecular formula is C12H14N4O4. The smallest absolute Gasteiger partial charge is 0.282 e. The summed E-state index contributed by atoms with van der Waals surface area (Å²) in [5.74, 6) is -0.705. The number of hydrogen-bond donors (Lipinski definition) is 3. The molecule has 8 nitrogen and oxygen atoms in total. The quantitative estimate of drug-likeness (QED) is 0.540. The van der Waals surface area contributed by atoms with Crippen LogP contribution in [0, 0.1) is 10.1 Å². The summed E-state index contributed by atoms with van der Waals surface area (Å²) in [5.41, 5.74) is 0.307. The lowest BCUT2D eigenvalue weighted by Crippen LogP contribution is -2.36. The minimum Gasteiger partial charge on any atom is -0.388 e. The number of anilines is 1. The molecule has 1 aromatic carbocycles. The van der Waals surface area contributed by atoms with Crippen LogP contribution in [-0.2, 0) is 4.79 Å². The van der Waals surface area contributed by atoms with Crippen LogP contribution in [0.5, 0.6) is 0 Å². The number of nitro groups is 1. The van der Waals surface area contributed by atoms with Crippen molar-refractivity contribution in [1.82, 2.24) is 10.6 Å². The van der Waals surface area contributed by atoms with Crippen LogP contribution >= 0.6 is 0 Å². The summed E-state index contributed by atoms with van der Waals surface area (Å²) in [6.45, 7) is 0.337. The molecule has 1 atom stereocenters. The van der Waals surface area contributed by atoms with E-state index in [-0.39, 0.29) is 29.6 Å². The number of rotatable bonds is 4. The van der Waals surface area contributed by atoms with Gasteiger partial charge in [0.1, 0.15) is 5.56 Å². The molecule has 0 saturated carbocycles. The zero-order valence-electron chi connectivity index (χ0n) is 10.8. The Balaban J connectivity index is 2.23. The number of nitrogens with zero attached hydrogens (tertiary/aromatic N) is 1. The lowest BCUT2D eigenvalue weighted by atomic mass is 10.1. The third kappa shape index (κ3) is 2.85. The number of carbonyl (C=O) groups is 2. The molecule has 106 valence electrons. The SMILES string of the molecule is CNc1ccc([N+](=O)[O-])c(C(=O)NC2CNC(=O)C2)c1. The highest BCUT2D eigenvalue weighted by molar-refractivity contribution is 5.99. The van der Waals surface area contributed by atoms with Gasteiger partial charge in [-0.3, -0.25) is 19.7 Å². The number of carbonyl (C=O) groups excluding carboxylic acids is 2. The van der Waals surface area contributed by atoms with Gasteiger partial charge in [0.25, 0.3) is 11.6 Å². The predicted molar refractivity (Wildman–Crippen MR) is 71.5 cm³/mol. The first-order valence-corrected chi connectivity index (χ1v) is 6.05. The van der Waals surface area contributed by atoms with Crippen molar-refractivity contribution in [2.24, 2.45) is 0 Å². The second kappa shape index (κ2) is 5.55. The van der Waals surface area contributed by atoms with Crippen molar-refractivity contribution < 1.29 is 14.5 Å². The van der Waals surface area contributed by atoms with Crippen LogP contribution < -0.4 is 16.0 Å². The van der Waals surface area contributed by atoms with Crippen molar-refractivity contribution in [1.29, 1.82) is 0 Å². The van der Waals surface area contributed by atoms with Crippen LogP contribution in [-0.4, -0.2) is 36.4 Å². The first-order chi connectivity index (χ1) is 9.51. The van der Waals surface area contributed by atoms with Gasteiger partial charge in [0.15, 0.2) is 0 Å². The summed E-state index contributed by atoms with van der Waals surface area (Å²) in [7, 11) is 1.66. The Morgan fingerprint density at radius 1 is 1.50 bits per heavy atom. The molecule has 8 heteroatoms. The fourth-order valence-corrected chi connectivity index (χ4v) is 2.00. The Kier molecular flexibility index (Phi) is 3.83. The lowest BCUT2D eigenvalue weighted by molar-refractivity contribution is -0.385. The van der Waals surface area contributed by atoms with Gasteiger partial charge in [-0.15, -0.1) is 0 Å². The summed E-state index contributed by atoms with van der Waals surface area (Å²) in [6.07, 6.45) is 0.186. The molecule has 2 amide bonds. The van der Waals surface area contributed by atoms with Crippen molar-refractivity contribution in [2.45, 2.75) is 12.5 Å². The maximum absolute atomic E-state index is 12.1. The van der Waals surface area contributed by atoms with Crippen LogP contribution in [0.15, 0.2) is 18.2 Å². The number of benzene rings is 1. The van der Waals surface area contributed by atoms with E-state index in [1.165, 1.54) is 18.2 Å². The predicted octanol–water partition coefficient (Wildman–Crippen LogP) is 0.255. The van der Waals surface area contributed by atoms with Gasteiger partial charge >= 0.3 is 0 Å². The molecule has 1 aliphatic rings. The number of hydrogen-bond acceptors (Lipinski definition) is 5. The molecule has 1 unspecified atom stereocenters. The van der Waals surface area contributed by atoms with E-state index >= 15 is 0 Å². The topological polar surface area (TPSA) is 113 Å². The molecule has 20 heavy (non-hydrogen) atoms. The largest absolute Gasteiger partial charge is 0.388 e. The van der Waals surface area contributed by atoms with Gasteiger partial charge in [0.05, 0.1) is 11.0 Å². The molecule has 1 saturated heterocycles. The fourth-order valence-electron chi connectivity index (χ4n) is 2.00. The Morgan fingerprint density at radius 2 is 2.25 bits per heavy atom. The van der Waals surface area contributed by atoms with E-state index in [0.717, 1.165) is 0 Å². The number of amides is 2. The second-order valence-electron chi connectivity index (χ2n) is 4.42. The van der Waals surface area contributed by atoms with Gasteiger partial charge in [-0.2, -0.15) is 0 Å². The third-order valence-corrected chi connectivity index (χ3v) is 3.04. The molecule has 3 N–H and O–H groups in total. The van der Waals surface area contributed by atoms with Crippen molar-refractivity contribution in [3.63, 3.8) is 0 Å². The van der Waals surface area contributed by atoms with Crippen LogP contribution in [0.25, 0.3) is 0 Å². The minimum atomic E-state index is -0.605. The first-order valence-electron chi connectivity index (χ1n) is 6.05. The average molecular weight is 278 g/mol. The highest BCUT2D eigenvalue weighted by atomic mass is 16.6. The van der Waals surface area contributed by atoms with Gasteiger partial charge in [-0.05, 0) is 12.1 Å². The van der Waals surface area contributed by atoms with Crippen LogP contribution in [0.1, 0.15) is 16.8 Å². The molecule has 1 aliphatic heterocycles. The average Bonchev–Trinajstić information content (AvgIpc) is 2.83.